The molecule has 0 aliphatic heterocycles. The van der Waals surface area contributed by atoms with Gasteiger partial charge in [0.25, 0.3) is 5.91 Å². The third-order valence-corrected chi connectivity index (χ3v) is 4.28. The highest BCUT2D eigenvalue weighted by atomic mass is 35.5. The quantitative estimate of drug-likeness (QED) is 0.564. The van der Waals surface area contributed by atoms with Crippen LogP contribution in [0, 0.1) is 6.92 Å². The van der Waals surface area contributed by atoms with Crippen molar-refractivity contribution in [2.24, 2.45) is 0 Å². The van der Waals surface area contributed by atoms with Gasteiger partial charge in [-0.05, 0) is 48.9 Å². The number of amides is 1. The molecular formula is C19H15ClN6O. The van der Waals surface area contributed by atoms with Crippen LogP contribution in [0.25, 0.3) is 17.1 Å². The second-order valence-electron chi connectivity index (χ2n) is 5.95. The minimum absolute atomic E-state index is 0.182. The van der Waals surface area contributed by atoms with Crippen molar-refractivity contribution in [1.82, 2.24) is 25.0 Å². The van der Waals surface area contributed by atoms with Crippen LogP contribution in [0.2, 0.25) is 5.02 Å². The molecule has 27 heavy (non-hydrogen) atoms. The first kappa shape index (κ1) is 17.0. The zero-order valence-electron chi connectivity index (χ0n) is 14.3. The fourth-order valence-corrected chi connectivity index (χ4v) is 2.81. The number of carbonyl (C=O) groups excluding carboxylic acids is 1. The summed E-state index contributed by atoms with van der Waals surface area (Å²) in [4.78, 5) is 16.7. The van der Waals surface area contributed by atoms with Gasteiger partial charge in [-0.2, -0.15) is 10.1 Å². The van der Waals surface area contributed by atoms with E-state index in [4.69, 9.17) is 11.6 Å². The first-order valence-corrected chi connectivity index (χ1v) is 8.58. The number of H-pyrrole nitrogens is 1. The van der Waals surface area contributed by atoms with Crippen molar-refractivity contribution in [3.05, 3.63) is 77.1 Å². The van der Waals surface area contributed by atoms with Gasteiger partial charge in [0.15, 0.2) is 5.82 Å². The van der Waals surface area contributed by atoms with Crippen LogP contribution in [0.1, 0.15) is 15.9 Å². The summed E-state index contributed by atoms with van der Waals surface area (Å²) in [6, 6.07) is 14.4. The number of hydrogen-bond donors (Lipinski definition) is 2. The third kappa shape index (κ3) is 3.58. The third-order valence-electron chi connectivity index (χ3n) is 3.95. The van der Waals surface area contributed by atoms with Crippen LogP contribution < -0.4 is 5.32 Å². The van der Waals surface area contributed by atoms with Gasteiger partial charge in [0.1, 0.15) is 0 Å². The number of rotatable bonds is 4. The average Bonchev–Trinajstić information content (AvgIpc) is 3.31. The van der Waals surface area contributed by atoms with Crippen LogP contribution in [0.5, 0.6) is 0 Å². The Morgan fingerprint density at radius 2 is 1.93 bits per heavy atom. The Morgan fingerprint density at radius 1 is 1.15 bits per heavy atom. The minimum atomic E-state index is -0.303. The summed E-state index contributed by atoms with van der Waals surface area (Å²) >= 11 is 6.15. The summed E-state index contributed by atoms with van der Waals surface area (Å²) < 4.78 is 1.75. The average molecular weight is 379 g/mol. The van der Waals surface area contributed by atoms with E-state index in [0.29, 0.717) is 22.0 Å². The molecule has 7 nitrogen and oxygen atoms in total. The Balaban J connectivity index is 1.49. The van der Waals surface area contributed by atoms with Crippen LogP contribution in [-0.4, -0.2) is 30.9 Å². The summed E-state index contributed by atoms with van der Waals surface area (Å²) in [6.07, 6.45) is 3.69. The fourth-order valence-electron chi connectivity index (χ4n) is 2.58. The molecule has 0 bridgehead atoms. The van der Waals surface area contributed by atoms with Crippen molar-refractivity contribution in [1.29, 1.82) is 0 Å². The Hall–Kier alpha value is -3.45. The number of benzene rings is 2. The molecule has 0 spiro atoms. The number of aryl methyl sites for hydroxylation is 1. The summed E-state index contributed by atoms with van der Waals surface area (Å²) in [6.45, 7) is 1.97. The minimum Gasteiger partial charge on any atom is -0.289 e. The van der Waals surface area contributed by atoms with E-state index in [1.807, 2.05) is 43.5 Å². The predicted molar refractivity (Wildman–Crippen MR) is 103 cm³/mol. The standard InChI is InChI=1S/C19H15ClN6O/c1-12-10-21-26(11-12)14-8-6-13(7-9-14)18(27)23-19-22-17(24-25-19)15-4-2-3-5-16(15)20/h2-11H,1H3,(H2,22,23,24,25,27). The predicted octanol–water partition coefficient (Wildman–Crippen LogP) is 3.87. The Labute approximate surface area is 160 Å². The fraction of sp³-hybridized carbons (Fsp3) is 0.0526. The van der Waals surface area contributed by atoms with Crippen molar-refractivity contribution >= 4 is 23.5 Å². The first-order valence-electron chi connectivity index (χ1n) is 8.20. The van der Waals surface area contributed by atoms with E-state index in [1.165, 1.54) is 0 Å². The molecule has 2 N–H and O–H groups in total. The maximum Gasteiger partial charge on any atom is 0.258 e. The Morgan fingerprint density at radius 3 is 2.63 bits per heavy atom. The normalized spacial score (nSPS) is 10.7. The maximum absolute atomic E-state index is 12.4. The van der Waals surface area contributed by atoms with Crippen molar-refractivity contribution in [2.45, 2.75) is 6.92 Å². The van der Waals surface area contributed by atoms with Crippen LogP contribution in [-0.2, 0) is 0 Å². The molecule has 0 saturated carbocycles. The molecule has 2 aromatic heterocycles. The number of aromatic amines is 1. The van der Waals surface area contributed by atoms with E-state index in [2.05, 4.69) is 25.6 Å². The second-order valence-corrected chi connectivity index (χ2v) is 6.36. The van der Waals surface area contributed by atoms with E-state index in [0.717, 1.165) is 11.3 Å². The molecular weight excluding hydrogens is 364 g/mol. The molecule has 8 heteroatoms. The lowest BCUT2D eigenvalue weighted by molar-refractivity contribution is 0.102. The second kappa shape index (κ2) is 7.05. The molecule has 2 heterocycles. The zero-order valence-corrected chi connectivity index (χ0v) is 15.1. The molecule has 4 rings (SSSR count). The number of carbonyl (C=O) groups is 1. The smallest absolute Gasteiger partial charge is 0.258 e. The molecule has 4 aromatic rings. The highest BCUT2D eigenvalue weighted by Crippen LogP contribution is 2.25. The summed E-state index contributed by atoms with van der Waals surface area (Å²) in [5.41, 5.74) is 3.15. The Bertz CT molecular complexity index is 1100. The summed E-state index contributed by atoms with van der Waals surface area (Å²) in [5.74, 6) is 0.366. The monoisotopic (exact) mass is 378 g/mol. The van der Waals surface area contributed by atoms with Gasteiger partial charge in [0, 0.05) is 17.3 Å². The van der Waals surface area contributed by atoms with Crippen LogP contribution in [0.3, 0.4) is 0 Å². The molecule has 2 aromatic carbocycles. The highest BCUT2D eigenvalue weighted by molar-refractivity contribution is 6.33. The molecule has 0 radical (unpaired) electrons. The van der Waals surface area contributed by atoms with E-state index in [1.54, 1.807) is 29.1 Å². The maximum atomic E-state index is 12.4. The lowest BCUT2D eigenvalue weighted by Gasteiger charge is -2.04. The van der Waals surface area contributed by atoms with Crippen molar-refractivity contribution < 1.29 is 4.79 Å². The van der Waals surface area contributed by atoms with Crippen molar-refractivity contribution in [3.63, 3.8) is 0 Å². The van der Waals surface area contributed by atoms with Crippen molar-refractivity contribution in [3.8, 4) is 17.1 Å². The zero-order chi connectivity index (χ0) is 18.8. The number of aromatic nitrogens is 5. The first-order chi connectivity index (χ1) is 13.1. The number of nitrogens with zero attached hydrogens (tertiary/aromatic N) is 4. The number of anilines is 1. The van der Waals surface area contributed by atoms with E-state index >= 15 is 0 Å². The molecule has 0 aliphatic rings. The van der Waals surface area contributed by atoms with Gasteiger partial charge < -0.3 is 0 Å². The molecule has 0 fully saturated rings. The number of halogens is 1. The number of hydrogen-bond acceptors (Lipinski definition) is 4. The van der Waals surface area contributed by atoms with Crippen LogP contribution in [0.15, 0.2) is 60.9 Å². The summed E-state index contributed by atoms with van der Waals surface area (Å²) in [7, 11) is 0. The van der Waals surface area contributed by atoms with Gasteiger partial charge in [0.05, 0.1) is 16.9 Å². The van der Waals surface area contributed by atoms with Crippen LogP contribution in [0.4, 0.5) is 5.95 Å². The van der Waals surface area contributed by atoms with Crippen molar-refractivity contribution in [2.75, 3.05) is 5.32 Å². The SMILES string of the molecule is Cc1cnn(-c2ccc(C(=O)Nc3n[nH]c(-c4ccccc4Cl)n3)cc2)c1. The molecule has 0 unspecified atom stereocenters. The summed E-state index contributed by atoms with van der Waals surface area (Å²) in [5, 5.41) is 14.3. The lowest BCUT2D eigenvalue weighted by Crippen LogP contribution is -2.13. The van der Waals surface area contributed by atoms with Gasteiger partial charge in [-0.15, -0.1) is 5.10 Å². The van der Waals surface area contributed by atoms with Gasteiger partial charge in [-0.1, -0.05) is 23.7 Å². The van der Waals surface area contributed by atoms with E-state index in [9.17, 15) is 4.79 Å². The van der Waals surface area contributed by atoms with E-state index in [-0.39, 0.29) is 11.9 Å². The van der Waals surface area contributed by atoms with Crippen LogP contribution >= 0.6 is 11.6 Å². The topological polar surface area (TPSA) is 88.5 Å². The van der Waals surface area contributed by atoms with Gasteiger partial charge in [-0.3, -0.25) is 15.2 Å². The molecule has 1 amide bonds. The molecule has 134 valence electrons. The van der Waals surface area contributed by atoms with Gasteiger partial charge in [0.2, 0.25) is 5.95 Å². The number of nitrogens with one attached hydrogen (secondary N) is 2. The molecule has 0 saturated heterocycles. The Kier molecular flexibility index (Phi) is 4.43. The van der Waals surface area contributed by atoms with E-state index < -0.39 is 0 Å². The largest absolute Gasteiger partial charge is 0.289 e. The van der Waals surface area contributed by atoms with Gasteiger partial charge >= 0.3 is 0 Å². The molecule has 0 atom stereocenters. The highest BCUT2D eigenvalue weighted by Gasteiger charge is 2.12. The molecule has 0 aliphatic carbocycles. The van der Waals surface area contributed by atoms with Gasteiger partial charge in [-0.25, -0.2) is 4.68 Å². The lowest BCUT2D eigenvalue weighted by atomic mass is 10.2.